The van der Waals surface area contributed by atoms with E-state index in [1.165, 1.54) is 0 Å². The smallest absolute Gasteiger partial charge is 0.306 e. The van der Waals surface area contributed by atoms with E-state index < -0.39 is 11.9 Å². The predicted octanol–water partition coefficient (Wildman–Crippen LogP) is 2.07. The Hall–Kier alpha value is -1.88. The number of rotatable bonds is 5. The summed E-state index contributed by atoms with van der Waals surface area (Å²) in [5.41, 5.74) is 1.65. The van der Waals surface area contributed by atoms with Crippen molar-refractivity contribution in [3.63, 3.8) is 0 Å². The van der Waals surface area contributed by atoms with E-state index in [0.717, 1.165) is 18.4 Å². The highest BCUT2D eigenvalue weighted by Gasteiger charge is 2.23. The van der Waals surface area contributed by atoms with Crippen LogP contribution in [-0.4, -0.2) is 29.7 Å². The van der Waals surface area contributed by atoms with Crippen molar-refractivity contribution < 1.29 is 19.4 Å². The highest BCUT2D eigenvalue weighted by Crippen LogP contribution is 2.17. The number of ether oxygens (including phenoxy) is 1. The molecule has 0 radical (unpaired) electrons. The lowest BCUT2D eigenvalue weighted by molar-refractivity contribution is -0.141. The van der Waals surface area contributed by atoms with Crippen molar-refractivity contribution in [2.75, 3.05) is 11.9 Å². The van der Waals surface area contributed by atoms with Gasteiger partial charge in [-0.3, -0.25) is 9.59 Å². The summed E-state index contributed by atoms with van der Waals surface area (Å²) in [5.74, 6) is -1.34. The Bertz CT molecular complexity index is 477. The van der Waals surface area contributed by atoms with Crippen molar-refractivity contribution in [3.05, 3.63) is 29.8 Å². The molecule has 2 atom stereocenters. The van der Waals surface area contributed by atoms with E-state index in [1.54, 1.807) is 19.1 Å². The van der Waals surface area contributed by atoms with Crippen LogP contribution in [0.4, 0.5) is 5.69 Å². The SMILES string of the molecule is CC(Cc1ccc(NC(=O)C2CCCO2)cc1)C(=O)O. The van der Waals surface area contributed by atoms with Gasteiger partial charge in [0.15, 0.2) is 0 Å². The summed E-state index contributed by atoms with van der Waals surface area (Å²) in [6, 6.07) is 7.25. The lowest BCUT2D eigenvalue weighted by Gasteiger charge is -2.11. The first-order valence-electron chi connectivity index (χ1n) is 6.80. The van der Waals surface area contributed by atoms with Crippen LogP contribution in [0.3, 0.4) is 0 Å². The van der Waals surface area contributed by atoms with Gasteiger partial charge in [-0.15, -0.1) is 0 Å². The van der Waals surface area contributed by atoms with E-state index in [0.29, 0.717) is 18.7 Å². The summed E-state index contributed by atoms with van der Waals surface area (Å²) in [7, 11) is 0. The maximum atomic E-state index is 11.9. The third kappa shape index (κ3) is 3.81. The number of carbonyl (C=O) groups is 2. The molecule has 1 aliphatic rings. The minimum absolute atomic E-state index is 0.117. The van der Waals surface area contributed by atoms with E-state index >= 15 is 0 Å². The van der Waals surface area contributed by atoms with Gasteiger partial charge in [-0.1, -0.05) is 19.1 Å². The van der Waals surface area contributed by atoms with E-state index in [4.69, 9.17) is 9.84 Å². The molecule has 1 aromatic carbocycles. The molecular weight excluding hydrogens is 258 g/mol. The highest BCUT2D eigenvalue weighted by molar-refractivity contribution is 5.94. The molecule has 1 amide bonds. The number of hydrogen-bond acceptors (Lipinski definition) is 3. The van der Waals surface area contributed by atoms with Crippen LogP contribution in [0.25, 0.3) is 0 Å². The average Bonchev–Trinajstić information content (AvgIpc) is 2.95. The van der Waals surface area contributed by atoms with Gasteiger partial charge in [-0.05, 0) is 37.0 Å². The zero-order valence-electron chi connectivity index (χ0n) is 11.5. The van der Waals surface area contributed by atoms with Crippen molar-refractivity contribution in [2.24, 2.45) is 5.92 Å². The van der Waals surface area contributed by atoms with Crippen LogP contribution in [0.1, 0.15) is 25.3 Å². The molecular formula is C15H19NO4. The van der Waals surface area contributed by atoms with Crippen molar-refractivity contribution in [3.8, 4) is 0 Å². The van der Waals surface area contributed by atoms with Gasteiger partial charge in [0.05, 0.1) is 5.92 Å². The Morgan fingerprint density at radius 1 is 1.40 bits per heavy atom. The Balaban J connectivity index is 1.91. The number of anilines is 1. The molecule has 5 nitrogen and oxygen atoms in total. The Kier molecular flexibility index (Phi) is 4.74. The van der Waals surface area contributed by atoms with Crippen LogP contribution in [-0.2, 0) is 20.7 Å². The first-order chi connectivity index (χ1) is 9.56. The first kappa shape index (κ1) is 14.5. The maximum absolute atomic E-state index is 11.9. The summed E-state index contributed by atoms with van der Waals surface area (Å²) >= 11 is 0. The fourth-order valence-electron chi connectivity index (χ4n) is 2.17. The van der Waals surface area contributed by atoms with Crippen LogP contribution < -0.4 is 5.32 Å². The Morgan fingerprint density at radius 3 is 2.65 bits per heavy atom. The number of carbonyl (C=O) groups excluding carboxylic acids is 1. The third-order valence-electron chi connectivity index (χ3n) is 3.41. The van der Waals surface area contributed by atoms with Crippen molar-refractivity contribution in [2.45, 2.75) is 32.3 Å². The maximum Gasteiger partial charge on any atom is 0.306 e. The average molecular weight is 277 g/mol. The van der Waals surface area contributed by atoms with Crippen LogP contribution in [0.2, 0.25) is 0 Å². The van der Waals surface area contributed by atoms with E-state index in [-0.39, 0.29) is 12.0 Å². The molecule has 1 fully saturated rings. The lowest BCUT2D eigenvalue weighted by Crippen LogP contribution is -2.26. The van der Waals surface area contributed by atoms with Crippen LogP contribution in [0.5, 0.6) is 0 Å². The highest BCUT2D eigenvalue weighted by atomic mass is 16.5. The first-order valence-corrected chi connectivity index (χ1v) is 6.80. The molecule has 20 heavy (non-hydrogen) atoms. The summed E-state index contributed by atoms with van der Waals surface area (Å²) in [5, 5.41) is 11.7. The zero-order chi connectivity index (χ0) is 14.5. The number of amides is 1. The third-order valence-corrected chi connectivity index (χ3v) is 3.41. The predicted molar refractivity (Wildman–Crippen MR) is 74.5 cm³/mol. The molecule has 1 heterocycles. The second kappa shape index (κ2) is 6.52. The molecule has 0 spiro atoms. The van der Waals surface area contributed by atoms with Gasteiger partial charge in [0.25, 0.3) is 5.91 Å². The van der Waals surface area contributed by atoms with Crippen LogP contribution in [0.15, 0.2) is 24.3 Å². The monoisotopic (exact) mass is 277 g/mol. The molecule has 5 heteroatoms. The number of aliphatic carboxylic acids is 1. The molecule has 0 bridgehead atoms. The molecule has 108 valence electrons. The Morgan fingerprint density at radius 2 is 2.10 bits per heavy atom. The quantitative estimate of drug-likeness (QED) is 0.864. The molecule has 1 aromatic rings. The number of hydrogen-bond donors (Lipinski definition) is 2. The number of carboxylic acid groups (broad SMARTS) is 1. The van der Waals surface area contributed by atoms with Gasteiger partial charge in [0.2, 0.25) is 0 Å². The lowest BCUT2D eigenvalue weighted by atomic mass is 10.0. The normalized spacial score (nSPS) is 19.6. The van der Waals surface area contributed by atoms with Gasteiger partial charge in [0.1, 0.15) is 6.10 Å². The second-order valence-electron chi connectivity index (χ2n) is 5.13. The van der Waals surface area contributed by atoms with Gasteiger partial charge in [-0.2, -0.15) is 0 Å². The molecule has 1 aliphatic heterocycles. The van der Waals surface area contributed by atoms with E-state index in [1.807, 2.05) is 12.1 Å². The van der Waals surface area contributed by atoms with Crippen molar-refractivity contribution in [1.82, 2.24) is 0 Å². The van der Waals surface area contributed by atoms with Gasteiger partial charge in [-0.25, -0.2) is 0 Å². The minimum Gasteiger partial charge on any atom is -0.481 e. The summed E-state index contributed by atoms with van der Waals surface area (Å²) in [6.45, 7) is 2.32. The van der Waals surface area contributed by atoms with Gasteiger partial charge in [0, 0.05) is 12.3 Å². The fraction of sp³-hybridized carbons (Fsp3) is 0.467. The minimum atomic E-state index is -0.805. The summed E-state index contributed by atoms with van der Waals surface area (Å²) < 4.78 is 5.31. The zero-order valence-corrected chi connectivity index (χ0v) is 11.5. The standard InChI is InChI=1S/C15H19NO4/c1-10(15(18)19)9-11-4-6-12(7-5-11)16-14(17)13-3-2-8-20-13/h4-7,10,13H,2-3,8-9H2,1H3,(H,16,17)(H,18,19). The molecule has 0 aliphatic carbocycles. The van der Waals surface area contributed by atoms with E-state index in [9.17, 15) is 9.59 Å². The molecule has 2 rings (SSSR count). The van der Waals surface area contributed by atoms with Gasteiger partial charge < -0.3 is 15.2 Å². The molecule has 1 saturated heterocycles. The number of benzene rings is 1. The number of nitrogens with one attached hydrogen (secondary N) is 1. The number of carboxylic acids is 1. The molecule has 0 saturated carbocycles. The topological polar surface area (TPSA) is 75.6 Å². The van der Waals surface area contributed by atoms with Crippen LogP contribution >= 0.6 is 0 Å². The second-order valence-corrected chi connectivity index (χ2v) is 5.13. The largest absolute Gasteiger partial charge is 0.481 e. The van der Waals surface area contributed by atoms with Crippen molar-refractivity contribution >= 4 is 17.6 Å². The van der Waals surface area contributed by atoms with Gasteiger partial charge >= 0.3 is 5.97 Å². The molecule has 0 aromatic heterocycles. The Labute approximate surface area is 117 Å². The molecule has 2 unspecified atom stereocenters. The fourth-order valence-corrected chi connectivity index (χ4v) is 2.17. The van der Waals surface area contributed by atoms with E-state index in [2.05, 4.69) is 5.32 Å². The summed E-state index contributed by atoms with van der Waals surface area (Å²) in [6.07, 6.45) is 1.82. The summed E-state index contributed by atoms with van der Waals surface area (Å²) in [4.78, 5) is 22.6. The van der Waals surface area contributed by atoms with Crippen LogP contribution in [0, 0.1) is 5.92 Å². The van der Waals surface area contributed by atoms with Crippen molar-refractivity contribution in [1.29, 1.82) is 0 Å². The molecule has 2 N–H and O–H groups in total.